The van der Waals surface area contributed by atoms with Crippen molar-refractivity contribution in [2.45, 2.75) is 44.9 Å². The summed E-state index contributed by atoms with van der Waals surface area (Å²) in [5.41, 5.74) is 6.23. The topological polar surface area (TPSA) is 43.1 Å². The number of carbonyl (C=O) groups excluding carboxylic acids is 1. The van der Waals surface area contributed by atoms with Crippen molar-refractivity contribution in [1.29, 1.82) is 0 Å². The Labute approximate surface area is 97.9 Å². The van der Waals surface area contributed by atoms with E-state index in [0.717, 1.165) is 31.2 Å². The van der Waals surface area contributed by atoms with Crippen LogP contribution in [0, 0.1) is 0 Å². The number of rotatable bonds is 6. The zero-order valence-corrected chi connectivity index (χ0v) is 10.2. The van der Waals surface area contributed by atoms with E-state index in [1.165, 1.54) is 0 Å². The molecule has 0 spiro atoms. The van der Waals surface area contributed by atoms with E-state index < -0.39 is 5.41 Å². The van der Waals surface area contributed by atoms with E-state index >= 15 is 0 Å². The summed E-state index contributed by atoms with van der Waals surface area (Å²) >= 11 is 0. The van der Waals surface area contributed by atoms with E-state index in [1.807, 2.05) is 30.3 Å². The summed E-state index contributed by atoms with van der Waals surface area (Å²) < 4.78 is 0. The Kier molecular flexibility index (Phi) is 4.53. The molecule has 1 amide bonds. The average molecular weight is 219 g/mol. The van der Waals surface area contributed by atoms with Gasteiger partial charge in [-0.25, -0.2) is 0 Å². The number of hydrogen-bond donors (Lipinski definition) is 1. The zero-order chi connectivity index (χ0) is 12.0. The summed E-state index contributed by atoms with van der Waals surface area (Å²) in [7, 11) is 0. The van der Waals surface area contributed by atoms with Crippen molar-refractivity contribution in [3.63, 3.8) is 0 Å². The second kappa shape index (κ2) is 5.69. The van der Waals surface area contributed by atoms with Crippen LogP contribution in [0.4, 0.5) is 0 Å². The molecule has 88 valence electrons. The quantitative estimate of drug-likeness (QED) is 0.785. The molecule has 1 aromatic rings. The van der Waals surface area contributed by atoms with Crippen LogP contribution in [0.3, 0.4) is 0 Å². The number of benzene rings is 1. The van der Waals surface area contributed by atoms with Crippen LogP contribution in [0.25, 0.3) is 0 Å². The second-order valence-corrected chi connectivity index (χ2v) is 4.31. The average Bonchev–Trinajstić information content (AvgIpc) is 2.29. The molecule has 1 rings (SSSR count). The van der Waals surface area contributed by atoms with Gasteiger partial charge in [-0.05, 0) is 18.4 Å². The first-order valence-corrected chi connectivity index (χ1v) is 6.02. The van der Waals surface area contributed by atoms with Gasteiger partial charge in [0.2, 0.25) is 5.91 Å². The third kappa shape index (κ3) is 2.43. The summed E-state index contributed by atoms with van der Waals surface area (Å²) in [5, 5.41) is 0. The van der Waals surface area contributed by atoms with E-state index in [0.29, 0.717) is 0 Å². The van der Waals surface area contributed by atoms with Crippen LogP contribution in [0.15, 0.2) is 30.3 Å². The molecule has 0 atom stereocenters. The first-order valence-electron chi connectivity index (χ1n) is 6.02. The highest BCUT2D eigenvalue weighted by Gasteiger charge is 2.36. The van der Waals surface area contributed by atoms with Crippen LogP contribution in [-0.4, -0.2) is 5.91 Å². The molecule has 0 radical (unpaired) electrons. The molecule has 0 heterocycles. The van der Waals surface area contributed by atoms with Crippen molar-refractivity contribution in [2.24, 2.45) is 5.73 Å². The first kappa shape index (κ1) is 12.8. The van der Waals surface area contributed by atoms with Crippen molar-refractivity contribution in [2.75, 3.05) is 0 Å². The molecule has 0 bridgehead atoms. The molecule has 0 aliphatic heterocycles. The SMILES string of the molecule is CCCC(CCC)(C(N)=O)c1ccccc1. The fourth-order valence-electron chi connectivity index (χ4n) is 2.41. The number of primary amides is 1. The Balaban J connectivity index is 3.15. The second-order valence-electron chi connectivity index (χ2n) is 4.31. The van der Waals surface area contributed by atoms with Gasteiger partial charge in [-0.2, -0.15) is 0 Å². The minimum Gasteiger partial charge on any atom is -0.369 e. The molecule has 0 aromatic heterocycles. The lowest BCUT2D eigenvalue weighted by Gasteiger charge is -2.30. The molecule has 2 heteroatoms. The molecule has 1 aromatic carbocycles. The molecule has 0 fully saturated rings. The van der Waals surface area contributed by atoms with E-state index in [9.17, 15) is 4.79 Å². The Bertz CT molecular complexity index is 326. The maximum Gasteiger partial charge on any atom is 0.228 e. The van der Waals surface area contributed by atoms with Gasteiger partial charge in [-0.15, -0.1) is 0 Å². The Morgan fingerprint density at radius 2 is 1.62 bits per heavy atom. The molecule has 0 unspecified atom stereocenters. The van der Waals surface area contributed by atoms with Crippen LogP contribution >= 0.6 is 0 Å². The molecular formula is C14H21NO. The van der Waals surface area contributed by atoms with Crippen molar-refractivity contribution in [3.8, 4) is 0 Å². The number of carbonyl (C=O) groups is 1. The molecule has 0 saturated heterocycles. The smallest absolute Gasteiger partial charge is 0.228 e. The van der Waals surface area contributed by atoms with Crippen LogP contribution in [0.5, 0.6) is 0 Å². The highest BCUT2D eigenvalue weighted by molar-refractivity contribution is 5.86. The van der Waals surface area contributed by atoms with E-state index in [4.69, 9.17) is 5.73 Å². The fourth-order valence-corrected chi connectivity index (χ4v) is 2.41. The summed E-state index contributed by atoms with van der Waals surface area (Å²) in [4.78, 5) is 11.8. The third-order valence-electron chi connectivity index (χ3n) is 3.15. The summed E-state index contributed by atoms with van der Waals surface area (Å²) in [6.45, 7) is 4.19. The lowest BCUT2D eigenvalue weighted by molar-refractivity contribution is -0.124. The zero-order valence-electron chi connectivity index (χ0n) is 10.2. The van der Waals surface area contributed by atoms with Crippen LogP contribution in [0.1, 0.15) is 45.1 Å². The van der Waals surface area contributed by atoms with Gasteiger partial charge in [0.15, 0.2) is 0 Å². The van der Waals surface area contributed by atoms with Crippen molar-refractivity contribution >= 4 is 5.91 Å². The summed E-state index contributed by atoms with van der Waals surface area (Å²) in [5.74, 6) is -0.192. The van der Waals surface area contributed by atoms with Crippen LogP contribution < -0.4 is 5.73 Å². The third-order valence-corrected chi connectivity index (χ3v) is 3.15. The Morgan fingerprint density at radius 1 is 1.12 bits per heavy atom. The predicted molar refractivity (Wildman–Crippen MR) is 67.1 cm³/mol. The minimum atomic E-state index is -0.468. The fraction of sp³-hybridized carbons (Fsp3) is 0.500. The Hall–Kier alpha value is -1.31. The van der Waals surface area contributed by atoms with E-state index in [-0.39, 0.29) is 5.91 Å². The largest absolute Gasteiger partial charge is 0.369 e. The molecular weight excluding hydrogens is 198 g/mol. The van der Waals surface area contributed by atoms with Crippen LogP contribution in [0.2, 0.25) is 0 Å². The van der Waals surface area contributed by atoms with Gasteiger partial charge in [0.05, 0.1) is 5.41 Å². The predicted octanol–water partition coefficient (Wildman–Crippen LogP) is 3.01. The van der Waals surface area contributed by atoms with E-state index in [2.05, 4.69) is 13.8 Å². The van der Waals surface area contributed by atoms with Gasteiger partial charge in [0, 0.05) is 0 Å². The van der Waals surface area contributed by atoms with Gasteiger partial charge in [-0.1, -0.05) is 57.0 Å². The highest BCUT2D eigenvalue weighted by Crippen LogP contribution is 2.33. The minimum absolute atomic E-state index is 0.192. The molecule has 0 saturated carbocycles. The molecule has 2 nitrogen and oxygen atoms in total. The van der Waals surface area contributed by atoms with Gasteiger partial charge in [0.1, 0.15) is 0 Å². The molecule has 0 aliphatic carbocycles. The lowest BCUT2D eigenvalue weighted by Crippen LogP contribution is -2.41. The normalized spacial score (nSPS) is 11.4. The number of amides is 1. The summed E-state index contributed by atoms with van der Waals surface area (Å²) in [6.07, 6.45) is 3.61. The van der Waals surface area contributed by atoms with Gasteiger partial charge >= 0.3 is 0 Å². The molecule has 16 heavy (non-hydrogen) atoms. The maximum atomic E-state index is 11.8. The lowest BCUT2D eigenvalue weighted by atomic mass is 9.73. The maximum absolute atomic E-state index is 11.8. The summed E-state index contributed by atoms with van der Waals surface area (Å²) in [6, 6.07) is 9.93. The number of nitrogens with two attached hydrogens (primary N) is 1. The van der Waals surface area contributed by atoms with Gasteiger partial charge < -0.3 is 5.73 Å². The first-order chi connectivity index (χ1) is 7.67. The Morgan fingerprint density at radius 3 is 2.00 bits per heavy atom. The van der Waals surface area contributed by atoms with Crippen molar-refractivity contribution in [3.05, 3.63) is 35.9 Å². The van der Waals surface area contributed by atoms with Crippen molar-refractivity contribution < 1.29 is 4.79 Å². The molecule has 2 N–H and O–H groups in total. The van der Waals surface area contributed by atoms with E-state index in [1.54, 1.807) is 0 Å². The van der Waals surface area contributed by atoms with Gasteiger partial charge in [-0.3, -0.25) is 4.79 Å². The number of hydrogen-bond acceptors (Lipinski definition) is 1. The standard InChI is InChI=1S/C14H21NO/c1-3-10-14(11-4-2,13(15)16)12-8-6-5-7-9-12/h5-9H,3-4,10-11H2,1-2H3,(H2,15,16). The van der Waals surface area contributed by atoms with Crippen molar-refractivity contribution in [1.82, 2.24) is 0 Å². The van der Waals surface area contributed by atoms with Gasteiger partial charge in [0.25, 0.3) is 0 Å². The van der Waals surface area contributed by atoms with Crippen LogP contribution in [-0.2, 0) is 10.2 Å². The highest BCUT2D eigenvalue weighted by atomic mass is 16.1. The molecule has 0 aliphatic rings. The monoisotopic (exact) mass is 219 g/mol.